The number of fused-ring (bicyclic) bond motifs is 9. The maximum absolute atomic E-state index is 13.6. The molecular formula is C33H44N8O5. The predicted molar refractivity (Wildman–Crippen MR) is 172 cm³/mol. The van der Waals surface area contributed by atoms with Gasteiger partial charge < -0.3 is 41.8 Å². The molecule has 0 aliphatic carbocycles. The van der Waals surface area contributed by atoms with Crippen LogP contribution in [-0.4, -0.2) is 90.0 Å². The number of guanidine groups is 1. The van der Waals surface area contributed by atoms with Crippen LogP contribution in [0.15, 0.2) is 11.1 Å². The number of hydrogen-bond acceptors (Lipinski definition) is 10. The third-order valence-corrected chi connectivity index (χ3v) is 10.5. The van der Waals surface area contributed by atoms with Crippen LogP contribution in [0.4, 0.5) is 0 Å². The number of hydrogen-bond donors (Lipinski definition) is 6. The molecule has 0 aromatic heterocycles. The Morgan fingerprint density at radius 3 is 2.57 bits per heavy atom. The molecule has 46 heavy (non-hydrogen) atoms. The van der Waals surface area contributed by atoms with Gasteiger partial charge in [0.05, 0.1) is 24.2 Å². The summed E-state index contributed by atoms with van der Waals surface area (Å²) < 4.78 is 11.9. The molecule has 4 heterocycles. The van der Waals surface area contributed by atoms with E-state index in [4.69, 9.17) is 20.9 Å². The lowest BCUT2D eigenvalue weighted by molar-refractivity contribution is -0.124. The molecule has 13 nitrogen and oxygen atoms in total. The van der Waals surface area contributed by atoms with Crippen molar-refractivity contribution in [2.75, 3.05) is 34.0 Å². The lowest BCUT2D eigenvalue weighted by Crippen LogP contribution is -2.68. The second-order valence-electron chi connectivity index (χ2n) is 12.9. The van der Waals surface area contributed by atoms with E-state index in [0.29, 0.717) is 54.9 Å². The molecule has 4 aliphatic heterocycles. The average molecular weight is 633 g/mol. The summed E-state index contributed by atoms with van der Waals surface area (Å²) in [5, 5.41) is 40.2. The molecule has 0 spiro atoms. The molecule has 246 valence electrons. The van der Waals surface area contributed by atoms with Gasteiger partial charge in [0, 0.05) is 47.4 Å². The van der Waals surface area contributed by atoms with Gasteiger partial charge in [0.15, 0.2) is 17.5 Å². The van der Waals surface area contributed by atoms with Crippen molar-refractivity contribution in [3.63, 3.8) is 0 Å². The molecule has 2 bridgehead atoms. The first-order chi connectivity index (χ1) is 22.0. The Hall–Kier alpha value is -4.25. The van der Waals surface area contributed by atoms with Crippen LogP contribution in [0, 0.1) is 32.1 Å². The minimum atomic E-state index is -0.542. The molecule has 1 unspecified atom stereocenters. The van der Waals surface area contributed by atoms with Gasteiger partial charge in [0.2, 0.25) is 12.7 Å². The van der Waals surface area contributed by atoms with Crippen LogP contribution in [0.2, 0.25) is 0 Å². The second kappa shape index (κ2) is 12.2. The zero-order valence-corrected chi connectivity index (χ0v) is 27.1. The zero-order chi connectivity index (χ0) is 33.0. The third kappa shape index (κ3) is 4.96. The highest BCUT2D eigenvalue weighted by atomic mass is 16.7. The van der Waals surface area contributed by atoms with Crippen LogP contribution in [0.3, 0.4) is 0 Å². The number of benzene rings is 2. The summed E-state index contributed by atoms with van der Waals surface area (Å²) in [6.07, 6.45) is 2.14. The Kier molecular flexibility index (Phi) is 8.39. The van der Waals surface area contributed by atoms with Gasteiger partial charge in [-0.05, 0) is 77.2 Å². The van der Waals surface area contributed by atoms with E-state index in [1.54, 1.807) is 14.0 Å². The fourth-order valence-electron chi connectivity index (χ4n) is 8.14. The van der Waals surface area contributed by atoms with Gasteiger partial charge >= 0.3 is 0 Å². The number of aliphatic imine (C=N–C) groups is 1. The number of nitriles is 1. The number of amides is 1. The molecule has 1 saturated heterocycles. The Bertz CT molecular complexity index is 1630. The van der Waals surface area contributed by atoms with Crippen molar-refractivity contribution in [1.82, 2.24) is 20.4 Å². The van der Waals surface area contributed by atoms with Gasteiger partial charge in [-0.15, -0.1) is 0 Å². The largest absolute Gasteiger partial charge is 0.507 e. The Morgan fingerprint density at radius 2 is 1.87 bits per heavy atom. The number of ether oxygens (including phenoxy) is 2. The van der Waals surface area contributed by atoms with E-state index >= 15 is 0 Å². The van der Waals surface area contributed by atoms with Crippen molar-refractivity contribution in [3.8, 4) is 29.1 Å². The molecule has 8 N–H and O–H groups in total. The van der Waals surface area contributed by atoms with Gasteiger partial charge in [0.1, 0.15) is 17.5 Å². The van der Waals surface area contributed by atoms with Crippen molar-refractivity contribution in [1.29, 1.82) is 5.26 Å². The van der Waals surface area contributed by atoms with E-state index in [1.165, 1.54) is 0 Å². The molecule has 0 saturated carbocycles. The molecular weight excluding hydrogens is 588 g/mol. The lowest BCUT2D eigenvalue weighted by atomic mass is 9.71. The first-order valence-electron chi connectivity index (χ1n) is 15.8. The van der Waals surface area contributed by atoms with Crippen molar-refractivity contribution in [3.05, 3.63) is 45.0 Å². The normalized spacial score (nSPS) is 25.1. The van der Waals surface area contributed by atoms with Gasteiger partial charge in [-0.2, -0.15) is 5.26 Å². The van der Waals surface area contributed by atoms with Crippen molar-refractivity contribution >= 4 is 11.9 Å². The summed E-state index contributed by atoms with van der Waals surface area (Å²) in [5.74, 6) is 1.25. The highest BCUT2D eigenvalue weighted by Crippen LogP contribution is 2.57. The lowest BCUT2D eigenvalue weighted by Gasteiger charge is -2.60. The molecule has 4 aliphatic rings. The Morgan fingerprint density at radius 1 is 1.13 bits per heavy atom. The predicted octanol–water partition coefficient (Wildman–Crippen LogP) is 1.28. The quantitative estimate of drug-likeness (QED) is 0.139. The van der Waals surface area contributed by atoms with Crippen LogP contribution in [0.1, 0.15) is 63.9 Å². The first kappa shape index (κ1) is 31.7. The van der Waals surface area contributed by atoms with Gasteiger partial charge in [0.25, 0.3) is 0 Å². The van der Waals surface area contributed by atoms with Crippen LogP contribution >= 0.6 is 0 Å². The third-order valence-electron chi connectivity index (χ3n) is 10.5. The summed E-state index contributed by atoms with van der Waals surface area (Å²) in [6.45, 7) is 6.32. The fourth-order valence-corrected chi connectivity index (χ4v) is 8.14. The highest BCUT2D eigenvalue weighted by Gasteiger charge is 2.56. The van der Waals surface area contributed by atoms with Crippen LogP contribution in [-0.2, 0) is 17.6 Å². The standard InChI is InChI=1S/C33H44N8O5/c1-15-9-18-10-21-23(12-34)41-22(27(40(21)5)25(18)29(43)16(15)2)11-19-26(31-30(45-14-46-31)17(3)28(19)42)24(41)13-39-32(44)20(37-4)7-6-8-38-33(35)36/h9,20-24,27,37,42-43H,6-8,10-11,13-14H2,1-5H3,(H,39,44)(H4,35,36,38)/t20-,21-,22?,23-,24-,27-/m0/s1. The molecule has 2 aromatic rings. The second-order valence-corrected chi connectivity index (χ2v) is 12.9. The van der Waals surface area contributed by atoms with E-state index in [2.05, 4.69) is 37.6 Å². The maximum Gasteiger partial charge on any atom is 0.237 e. The fraction of sp³-hybridized carbons (Fsp3) is 0.545. The van der Waals surface area contributed by atoms with Crippen molar-refractivity contribution < 1.29 is 24.5 Å². The van der Waals surface area contributed by atoms with E-state index in [-0.39, 0.29) is 54.8 Å². The Labute approximate surface area is 269 Å². The van der Waals surface area contributed by atoms with Gasteiger partial charge in [-0.25, -0.2) is 0 Å². The number of rotatable bonds is 8. The van der Waals surface area contributed by atoms with E-state index in [1.807, 2.05) is 20.9 Å². The van der Waals surface area contributed by atoms with Crippen LogP contribution < -0.4 is 31.6 Å². The molecule has 0 radical (unpaired) electrons. The van der Waals surface area contributed by atoms with Crippen molar-refractivity contribution in [2.24, 2.45) is 16.5 Å². The smallest absolute Gasteiger partial charge is 0.237 e. The van der Waals surface area contributed by atoms with Gasteiger partial charge in [-0.1, -0.05) is 6.07 Å². The summed E-state index contributed by atoms with van der Waals surface area (Å²) in [7, 11) is 3.75. The molecule has 6 atom stereocenters. The van der Waals surface area contributed by atoms with E-state index < -0.39 is 18.1 Å². The molecule has 13 heteroatoms. The number of nitrogens with zero attached hydrogens (tertiary/aromatic N) is 4. The minimum absolute atomic E-state index is 0.0124. The van der Waals surface area contributed by atoms with E-state index in [9.17, 15) is 20.3 Å². The number of phenols is 2. The first-order valence-corrected chi connectivity index (χ1v) is 15.8. The Balaban J connectivity index is 1.43. The number of likely N-dealkylation sites (N-methyl/N-ethyl adjacent to an activating group) is 2. The number of carbonyl (C=O) groups excluding carboxylic acids is 1. The number of phenolic OH excluding ortho intramolecular Hbond substituents is 2. The maximum atomic E-state index is 13.6. The summed E-state index contributed by atoms with van der Waals surface area (Å²) in [4.78, 5) is 22.0. The minimum Gasteiger partial charge on any atom is -0.507 e. The molecule has 2 aromatic carbocycles. The number of aromatic hydroxyl groups is 2. The van der Waals surface area contributed by atoms with Crippen LogP contribution in [0.25, 0.3) is 0 Å². The highest BCUT2D eigenvalue weighted by molar-refractivity contribution is 5.82. The summed E-state index contributed by atoms with van der Waals surface area (Å²) in [5.41, 5.74) is 16.7. The number of nitrogens with two attached hydrogens (primary N) is 2. The number of carbonyl (C=O) groups is 1. The SMILES string of the molecule is CN[C@@H](CCCN=C(N)N)C(=O)NC[C@H]1c2c(c(O)c(C)c3c2OCO3)CC2[C@H]3c4c(cc(C)c(C)c4O)C[C@@H]([C@H](C#N)N21)N3C. The molecule has 1 amide bonds. The zero-order valence-electron chi connectivity index (χ0n) is 27.1. The molecule has 1 fully saturated rings. The number of aryl methyl sites for hydroxylation is 1. The molecule has 6 rings (SSSR count). The topological polar surface area (TPSA) is 195 Å². The van der Waals surface area contributed by atoms with Gasteiger partial charge in [-0.3, -0.25) is 19.6 Å². The van der Waals surface area contributed by atoms with E-state index in [0.717, 1.165) is 27.8 Å². The average Bonchev–Trinajstić information content (AvgIpc) is 3.52. The summed E-state index contributed by atoms with van der Waals surface area (Å²) >= 11 is 0. The van der Waals surface area contributed by atoms with Crippen LogP contribution in [0.5, 0.6) is 23.0 Å². The summed E-state index contributed by atoms with van der Waals surface area (Å²) in [6, 6.07) is 2.49. The number of piperazine rings is 1. The monoisotopic (exact) mass is 632 g/mol. The van der Waals surface area contributed by atoms with Crippen molar-refractivity contribution in [2.45, 2.75) is 82.7 Å². The number of nitrogens with one attached hydrogen (secondary N) is 2.